The molecular formula is C30H32N4O2. The summed E-state index contributed by atoms with van der Waals surface area (Å²) in [6, 6.07) is 18.5. The van der Waals surface area contributed by atoms with Crippen LogP contribution in [-0.4, -0.2) is 58.8 Å². The molecule has 6 rings (SSSR count). The average molecular weight is 481 g/mol. The van der Waals surface area contributed by atoms with Crippen molar-refractivity contribution in [1.82, 2.24) is 14.8 Å². The van der Waals surface area contributed by atoms with Gasteiger partial charge < -0.3 is 20.1 Å². The Kier molecular flexibility index (Phi) is 5.97. The number of anilines is 1. The summed E-state index contributed by atoms with van der Waals surface area (Å²) < 4.78 is 0. The summed E-state index contributed by atoms with van der Waals surface area (Å²) >= 11 is 0. The molecule has 0 radical (unpaired) electrons. The molecular weight excluding hydrogens is 448 g/mol. The van der Waals surface area contributed by atoms with Crippen LogP contribution in [0, 0.1) is 6.92 Å². The third-order valence-corrected chi connectivity index (χ3v) is 7.82. The number of benzene rings is 2. The van der Waals surface area contributed by atoms with Crippen LogP contribution in [0.25, 0.3) is 22.8 Å². The maximum atomic E-state index is 13.6. The lowest BCUT2D eigenvalue weighted by molar-refractivity contribution is -0.110. The van der Waals surface area contributed by atoms with Gasteiger partial charge >= 0.3 is 0 Å². The lowest BCUT2D eigenvalue weighted by atomic mass is 9.94. The number of aromatic nitrogens is 1. The van der Waals surface area contributed by atoms with E-state index in [9.17, 15) is 9.59 Å². The predicted octanol–water partition coefficient (Wildman–Crippen LogP) is 5.18. The van der Waals surface area contributed by atoms with Gasteiger partial charge in [-0.15, -0.1) is 0 Å². The van der Waals surface area contributed by atoms with Gasteiger partial charge in [-0.25, -0.2) is 0 Å². The highest BCUT2D eigenvalue weighted by atomic mass is 16.2. The molecule has 0 saturated carbocycles. The van der Waals surface area contributed by atoms with Crippen LogP contribution >= 0.6 is 0 Å². The number of fused-ring (bicyclic) bond motifs is 1. The van der Waals surface area contributed by atoms with Crippen molar-refractivity contribution in [2.45, 2.75) is 38.6 Å². The van der Waals surface area contributed by atoms with Gasteiger partial charge in [-0.2, -0.15) is 0 Å². The van der Waals surface area contributed by atoms with Crippen molar-refractivity contribution >= 4 is 29.2 Å². The van der Waals surface area contributed by atoms with E-state index >= 15 is 0 Å². The second kappa shape index (κ2) is 9.43. The largest absolute Gasteiger partial charge is 0.358 e. The van der Waals surface area contributed by atoms with Gasteiger partial charge in [-0.1, -0.05) is 42.5 Å². The Hall–Kier alpha value is -3.64. The minimum atomic E-state index is -0.148. The van der Waals surface area contributed by atoms with Crippen molar-refractivity contribution in [3.05, 3.63) is 77.1 Å². The first kappa shape index (κ1) is 22.8. The molecule has 0 unspecified atom stereocenters. The minimum Gasteiger partial charge on any atom is -0.358 e. The molecule has 2 N–H and O–H groups in total. The number of nitrogens with one attached hydrogen (secondary N) is 2. The lowest BCUT2D eigenvalue weighted by Gasteiger charge is -2.36. The number of rotatable bonds is 4. The first-order valence-electron chi connectivity index (χ1n) is 13.0. The van der Waals surface area contributed by atoms with Crippen LogP contribution in [-0.2, 0) is 4.79 Å². The van der Waals surface area contributed by atoms with Crippen molar-refractivity contribution in [2.24, 2.45) is 0 Å². The number of aryl methyl sites for hydroxylation is 1. The molecule has 6 heteroatoms. The Morgan fingerprint density at radius 1 is 0.972 bits per heavy atom. The molecule has 4 heterocycles. The molecule has 2 amide bonds. The highest BCUT2D eigenvalue weighted by Gasteiger charge is 2.31. The van der Waals surface area contributed by atoms with Crippen molar-refractivity contribution in [3.63, 3.8) is 0 Å². The second-order valence-electron chi connectivity index (χ2n) is 10.2. The van der Waals surface area contributed by atoms with Gasteiger partial charge in [0.25, 0.3) is 11.8 Å². The molecule has 3 aliphatic heterocycles. The van der Waals surface area contributed by atoms with Crippen LogP contribution in [0.15, 0.2) is 54.6 Å². The summed E-state index contributed by atoms with van der Waals surface area (Å²) in [4.78, 5) is 34.6. The zero-order valence-corrected chi connectivity index (χ0v) is 20.7. The molecule has 0 aliphatic carbocycles. The molecule has 0 bridgehead atoms. The van der Waals surface area contributed by atoms with Crippen LogP contribution in [0.5, 0.6) is 0 Å². The number of piperidine rings is 1. The SMILES string of the molecule is Cc1cc(C(=O)N2CCC(N3CCCC3)CC2)c(C=C2C(=O)Nc3cccc(-c4ccccc4)c32)[nH]1. The number of carbonyl (C=O) groups excluding carboxylic acids is 2. The molecule has 2 aromatic carbocycles. The van der Waals surface area contributed by atoms with Crippen LogP contribution in [0.3, 0.4) is 0 Å². The summed E-state index contributed by atoms with van der Waals surface area (Å²) in [6.07, 6.45) is 6.50. The summed E-state index contributed by atoms with van der Waals surface area (Å²) in [5, 5.41) is 3.01. The van der Waals surface area contributed by atoms with Crippen molar-refractivity contribution in [1.29, 1.82) is 0 Å². The fourth-order valence-electron chi connectivity index (χ4n) is 6.00. The number of carbonyl (C=O) groups is 2. The van der Waals surface area contributed by atoms with Crippen LogP contribution in [0.4, 0.5) is 5.69 Å². The number of H-pyrrole nitrogens is 1. The quantitative estimate of drug-likeness (QED) is 0.506. The molecule has 3 aromatic rings. The number of aromatic amines is 1. The molecule has 1 aromatic heterocycles. The standard InChI is InChI=1S/C30H32N4O2/c1-20-18-24(30(36)34-16-12-22(13-17-34)33-14-5-6-15-33)27(31-20)19-25-28-23(21-8-3-2-4-9-21)10-7-11-26(28)32-29(25)35/h2-4,7-11,18-19,22,31H,5-6,12-17H2,1H3,(H,32,35). The number of hydrogen-bond donors (Lipinski definition) is 2. The van der Waals surface area contributed by atoms with E-state index in [1.165, 1.54) is 25.9 Å². The van der Waals surface area contributed by atoms with Crippen LogP contribution in [0.2, 0.25) is 0 Å². The summed E-state index contributed by atoms with van der Waals surface area (Å²) in [6.45, 7) is 5.91. The molecule has 36 heavy (non-hydrogen) atoms. The van der Waals surface area contributed by atoms with Gasteiger partial charge in [0.15, 0.2) is 0 Å². The Bertz CT molecular complexity index is 1330. The highest BCUT2D eigenvalue weighted by molar-refractivity contribution is 6.36. The Balaban J connectivity index is 1.30. The van der Waals surface area contributed by atoms with Gasteiger partial charge in [0.05, 0.1) is 16.8 Å². The predicted molar refractivity (Wildman–Crippen MR) is 144 cm³/mol. The molecule has 184 valence electrons. The average Bonchev–Trinajstić information content (AvgIpc) is 3.64. The van der Waals surface area contributed by atoms with E-state index in [0.717, 1.165) is 54.0 Å². The first-order chi connectivity index (χ1) is 17.6. The number of hydrogen-bond acceptors (Lipinski definition) is 3. The molecule has 0 spiro atoms. The van der Waals surface area contributed by atoms with E-state index in [1.54, 1.807) is 0 Å². The normalized spacial score (nSPS) is 19.6. The maximum Gasteiger partial charge on any atom is 0.256 e. The van der Waals surface area contributed by atoms with Gasteiger partial charge in [0, 0.05) is 36.1 Å². The minimum absolute atomic E-state index is 0.0426. The van der Waals surface area contributed by atoms with E-state index in [4.69, 9.17) is 0 Å². The van der Waals surface area contributed by atoms with Gasteiger partial charge in [-0.3, -0.25) is 9.59 Å². The Labute approximate surface area is 212 Å². The van der Waals surface area contributed by atoms with Crippen molar-refractivity contribution < 1.29 is 9.59 Å². The van der Waals surface area contributed by atoms with E-state index in [1.807, 2.05) is 60.4 Å². The van der Waals surface area contributed by atoms with Crippen LogP contribution < -0.4 is 5.32 Å². The smallest absolute Gasteiger partial charge is 0.256 e. The van der Waals surface area contributed by atoms with E-state index < -0.39 is 0 Å². The summed E-state index contributed by atoms with van der Waals surface area (Å²) in [7, 11) is 0. The highest BCUT2D eigenvalue weighted by Crippen LogP contribution is 2.40. The molecule has 2 fully saturated rings. The van der Waals surface area contributed by atoms with Crippen LogP contribution in [0.1, 0.15) is 53.0 Å². The zero-order valence-electron chi connectivity index (χ0n) is 20.7. The van der Waals surface area contributed by atoms with Gasteiger partial charge in [0.1, 0.15) is 0 Å². The van der Waals surface area contributed by atoms with Gasteiger partial charge in [0.2, 0.25) is 0 Å². The molecule has 0 atom stereocenters. The fourth-order valence-corrected chi connectivity index (χ4v) is 6.00. The molecule has 2 saturated heterocycles. The lowest BCUT2D eigenvalue weighted by Crippen LogP contribution is -2.46. The summed E-state index contributed by atoms with van der Waals surface area (Å²) in [5.41, 5.74) is 6.55. The van der Waals surface area contributed by atoms with Crippen molar-refractivity contribution in [2.75, 3.05) is 31.5 Å². The van der Waals surface area contributed by atoms with E-state index in [-0.39, 0.29) is 11.8 Å². The third kappa shape index (κ3) is 4.16. The van der Waals surface area contributed by atoms with Crippen molar-refractivity contribution in [3.8, 4) is 11.1 Å². The van der Waals surface area contributed by atoms with E-state index in [2.05, 4.69) is 27.3 Å². The third-order valence-electron chi connectivity index (χ3n) is 7.82. The number of amides is 2. The Morgan fingerprint density at radius 2 is 1.72 bits per heavy atom. The number of likely N-dealkylation sites (tertiary alicyclic amines) is 2. The zero-order chi connectivity index (χ0) is 24.6. The van der Waals surface area contributed by atoms with Gasteiger partial charge in [-0.05, 0) is 75.0 Å². The second-order valence-corrected chi connectivity index (χ2v) is 10.2. The topological polar surface area (TPSA) is 68.4 Å². The fraction of sp³-hybridized carbons (Fsp3) is 0.333. The molecule has 3 aliphatic rings. The molecule has 6 nitrogen and oxygen atoms in total. The Morgan fingerprint density at radius 3 is 2.47 bits per heavy atom. The maximum absolute atomic E-state index is 13.6. The monoisotopic (exact) mass is 480 g/mol. The summed E-state index contributed by atoms with van der Waals surface area (Å²) in [5.74, 6) is -0.105. The number of nitrogens with zero attached hydrogens (tertiary/aromatic N) is 2. The van der Waals surface area contributed by atoms with E-state index in [0.29, 0.717) is 22.9 Å². The first-order valence-corrected chi connectivity index (χ1v) is 13.0.